The van der Waals surface area contributed by atoms with Crippen LogP contribution < -0.4 is 9.64 Å². The van der Waals surface area contributed by atoms with Gasteiger partial charge in [0.15, 0.2) is 6.61 Å². The van der Waals surface area contributed by atoms with Crippen LogP contribution in [0.25, 0.3) is 0 Å². The fourth-order valence-electron chi connectivity index (χ4n) is 3.09. The fourth-order valence-corrected chi connectivity index (χ4v) is 3.09. The second-order valence-corrected chi connectivity index (χ2v) is 6.68. The smallest absolute Gasteiger partial charge is 0.417 e. The monoisotopic (exact) mass is 393 g/mol. The highest BCUT2D eigenvalue weighted by Crippen LogP contribution is 2.29. The van der Waals surface area contributed by atoms with Gasteiger partial charge in [-0.1, -0.05) is 18.2 Å². The molecule has 1 aliphatic rings. The highest BCUT2D eigenvalue weighted by molar-refractivity contribution is 5.78. The molecule has 0 unspecified atom stereocenters. The number of halogens is 3. The zero-order valence-corrected chi connectivity index (χ0v) is 15.6. The first kappa shape index (κ1) is 20.0. The number of hydrogen-bond acceptors (Lipinski definition) is 4. The van der Waals surface area contributed by atoms with Crippen LogP contribution >= 0.6 is 0 Å². The number of hydrogen-bond donors (Lipinski definition) is 0. The molecule has 1 aliphatic heterocycles. The van der Waals surface area contributed by atoms with Crippen LogP contribution in [0.15, 0.2) is 42.6 Å². The molecule has 1 fully saturated rings. The molecule has 1 aromatic carbocycles. The first-order valence-electron chi connectivity index (χ1n) is 9.09. The molecule has 1 aromatic heterocycles. The summed E-state index contributed by atoms with van der Waals surface area (Å²) in [4.78, 5) is 20.0. The number of benzene rings is 1. The third-order valence-electron chi connectivity index (χ3n) is 4.69. The van der Waals surface area contributed by atoms with Gasteiger partial charge in [0.2, 0.25) is 0 Å². The number of rotatable bonds is 4. The Morgan fingerprint density at radius 3 is 2.57 bits per heavy atom. The maximum absolute atomic E-state index is 12.7. The zero-order valence-electron chi connectivity index (χ0n) is 15.6. The molecular formula is C20H22F3N3O2. The minimum Gasteiger partial charge on any atom is -0.484 e. The number of aromatic nitrogens is 1. The van der Waals surface area contributed by atoms with Gasteiger partial charge in [0.1, 0.15) is 11.6 Å². The van der Waals surface area contributed by atoms with Gasteiger partial charge in [-0.15, -0.1) is 0 Å². The highest BCUT2D eigenvalue weighted by Gasteiger charge is 2.31. The lowest BCUT2D eigenvalue weighted by molar-refractivity contribution is -0.137. The first-order chi connectivity index (χ1) is 13.3. The number of aryl methyl sites for hydroxylation is 1. The number of carbonyl (C=O) groups excluding carboxylic acids is 1. The normalized spacial score (nSPS) is 15.3. The van der Waals surface area contributed by atoms with E-state index >= 15 is 0 Å². The van der Waals surface area contributed by atoms with Gasteiger partial charge in [-0.05, 0) is 37.1 Å². The molecule has 0 saturated carbocycles. The van der Waals surface area contributed by atoms with Crippen molar-refractivity contribution in [1.29, 1.82) is 0 Å². The minimum absolute atomic E-state index is 0.0383. The summed E-state index contributed by atoms with van der Waals surface area (Å²) in [7, 11) is 0. The van der Waals surface area contributed by atoms with Crippen molar-refractivity contribution in [2.45, 2.75) is 19.5 Å². The lowest BCUT2D eigenvalue weighted by Crippen LogP contribution is -2.38. The Kier molecular flexibility index (Phi) is 6.06. The molecule has 0 spiro atoms. The summed E-state index contributed by atoms with van der Waals surface area (Å²) >= 11 is 0. The standard InChI is InChI=1S/C20H22F3N3O2/c1-15-5-2-3-6-17(15)28-14-19(27)26-10-4-9-25(11-12-26)18-8-7-16(13-24-18)20(21,22)23/h2-3,5-8,13H,4,9-12,14H2,1H3. The molecule has 3 rings (SSSR count). The molecule has 0 radical (unpaired) electrons. The van der Waals surface area contributed by atoms with Crippen LogP contribution in [0.3, 0.4) is 0 Å². The number of ether oxygens (including phenoxy) is 1. The summed E-state index contributed by atoms with van der Waals surface area (Å²) < 4.78 is 43.7. The van der Waals surface area contributed by atoms with E-state index in [4.69, 9.17) is 4.74 Å². The van der Waals surface area contributed by atoms with E-state index in [-0.39, 0.29) is 12.5 Å². The molecule has 0 aliphatic carbocycles. The first-order valence-corrected chi connectivity index (χ1v) is 9.09. The van der Waals surface area contributed by atoms with E-state index in [1.807, 2.05) is 36.1 Å². The van der Waals surface area contributed by atoms with Crippen LogP contribution in [0.1, 0.15) is 17.5 Å². The summed E-state index contributed by atoms with van der Waals surface area (Å²) in [6.07, 6.45) is -2.84. The van der Waals surface area contributed by atoms with Crippen molar-refractivity contribution in [1.82, 2.24) is 9.88 Å². The van der Waals surface area contributed by atoms with Crippen molar-refractivity contribution in [2.75, 3.05) is 37.7 Å². The second kappa shape index (κ2) is 8.50. The Labute approximate surface area is 161 Å². The number of carbonyl (C=O) groups is 1. The summed E-state index contributed by atoms with van der Waals surface area (Å²) in [6, 6.07) is 9.91. The predicted octanol–water partition coefficient (Wildman–Crippen LogP) is 3.53. The van der Waals surface area contributed by atoms with Crippen molar-refractivity contribution in [3.05, 3.63) is 53.7 Å². The van der Waals surface area contributed by atoms with Gasteiger partial charge in [0.25, 0.3) is 5.91 Å². The summed E-state index contributed by atoms with van der Waals surface area (Å²) in [5, 5.41) is 0. The molecule has 2 heterocycles. The third kappa shape index (κ3) is 4.94. The average Bonchev–Trinajstić information content (AvgIpc) is 2.93. The maximum atomic E-state index is 12.7. The number of alkyl halides is 3. The van der Waals surface area contributed by atoms with E-state index < -0.39 is 11.7 Å². The Bertz CT molecular complexity index is 809. The lowest BCUT2D eigenvalue weighted by atomic mass is 10.2. The van der Waals surface area contributed by atoms with Crippen LogP contribution in [0.2, 0.25) is 0 Å². The van der Waals surface area contributed by atoms with Gasteiger partial charge in [0, 0.05) is 32.4 Å². The number of amides is 1. The topological polar surface area (TPSA) is 45.7 Å². The van der Waals surface area contributed by atoms with Gasteiger partial charge >= 0.3 is 6.18 Å². The Morgan fingerprint density at radius 2 is 1.89 bits per heavy atom. The Hall–Kier alpha value is -2.77. The van der Waals surface area contributed by atoms with Crippen molar-refractivity contribution in [2.24, 2.45) is 0 Å². The minimum atomic E-state index is -4.40. The summed E-state index contributed by atoms with van der Waals surface area (Å²) in [5.41, 5.74) is 0.196. The van der Waals surface area contributed by atoms with Crippen molar-refractivity contribution in [3.8, 4) is 5.75 Å². The van der Waals surface area contributed by atoms with Crippen LogP contribution in [-0.2, 0) is 11.0 Å². The van der Waals surface area contributed by atoms with E-state index in [0.717, 1.165) is 17.8 Å². The second-order valence-electron chi connectivity index (χ2n) is 6.68. The zero-order chi connectivity index (χ0) is 20.1. The third-order valence-corrected chi connectivity index (χ3v) is 4.69. The largest absolute Gasteiger partial charge is 0.484 e. The fraction of sp³-hybridized carbons (Fsp3) is 0.400. The molecule has 2 aromatic rings. The number of para-hydroxylation sites is 1. The van der Waals surface area contributed by atoms with E-state index in [2.05, 4.69) is 4.98 Å². The molecule has 5 nitrogen and oxygen atoms in total. The van der Waals surface area contributed by atoms with Crippen LogP contribution in [0.5, 0.6) is 5.75 Å². The molecule has 28 heavy (non-hydrogen) atoms. The predicted molar refractivity (Wildman–Crippen MR) is 99.3 cm³/mol. The Balaban J connectivity index is 1.55. The molecule has 1 amide bonds. The van der Waals surface area contributed by atoms with Gasteiger partial charge < -0.3 is 14.5 Å². The summed E-state index contributed by atoms with van der Waals surface area (Å²) in [5.74, 6) is 1.06. The van der Waals surface area contributed by atoms with Crippen LogP contribution in [0.4, 0.5) is 19.0 Å². The van der Waals surface area contributed by atoms with Gasteiger partial charge in [-0.3, -0.25) is 4.79 Å². The molecule has 0 bridgehead atoms. The lowest BCUT2D eigenvalue weighted by Gasteiger charge is -2.23. The van der Waals surface area contributed by atoms with E-state index in [1.165, 1.54) is 6.07 Å². The maximum Gasteiger partial charge on any atom is 0.417 e. The van der Waals surface area contributed by atoms with Crippen molar-refractivity contribution >= 4 is 11.7 Å². The number of pyridine rings is 1. The molecule has 8 heteroatoms. The highest BCUT2D eigenvalue weighted by atomic mass is 19.4. The van der Waals surface area contributed by atoms with E-state index in [9.17, 15) is 18.0 Å². The summed E-state index contributed by atoms with van der Waals surface area (Å²) in [6.45, 7) is 4.06. The Morgan fingerprint density at radius 1 is 1.11 bits per heavy atom. The van der Waals surface area contributed by atoms with Gasteiger partial charge in [-0.2, -0.15) is 13.2 Å². The number of nitrogens with zero attached hydrogens (tertiary/aromatic N) is 3. The molecule has 0 atom stereocenters. The van der Waals surface area contributed by atoms with Crippen LogP contribution in [0, 0.1) is 6.92 Å². The van der Waals surface area contributed by atoms with Crippen LogP contribution in [-0.4, -0.2) is 48.6 Å². The molecule has 1 saturated heterocycles. The molecule has 0 N–H and O–H groups in total. The number of anilines is 1. The SMILES string of the molecule is Cc1ccccc1OCC(=O)N1CCCN(c2ccc(C(F)(F)F)cn2)CC1. The molecular weight excluding hydrogens is 371 g/mol. The van der Waals surface area contributed by atoms with Crippen molar-refractivity contribution < 1.29 is 22.7 Å². The van der Waals surface area contributed by atoms with Crippen molar-refractivity contribution in [3.63, 3.8) is 0 Å². The van der Waals surface area contributed by atoms with E-state index in [0.29, 0.717) is 44.2 Å². The molecule has 150 valence electrons. The van der Waals surface area contributed by atoms with E-state index in [1.54, 1.807) is 4.90 Å². The average molecular weight is 393 g/mol. The quantitative estimate of drug-likeness (QED) is 0.797. The van der Waals surface area contributed by atoms with Gasteiger partial charge in [-0.25, -0.2) is 4.98 Å². The van der Waals surface area contributed by atoms with Gasteiger partial charge in [0.05, 0.1) is 5.56 Å².